The van der Waals surface area contributed by atoms with Crippen LogP contribution < -0.4 is 16.2 Å². The van der Waals surface area contributed by atoms with E-state index in [4.69, 9.17) is 0 Å². The number of hydrogen-bond donors (Lipinski definition) is 2. The van der Waals surface area contributed by atoms with Gasteiger partial charge in [0.1, 0.15) is 11.0 Å². The highest BCUT2D eigenvalue weighted by Gasteiger charge is 2.14. The van der Waals surface area contributed by atoms with Crippen LogP contribution in [0.1, 0.15) is 23.7 Å². The van der Waals surface area contributed by atoms with Crippen LogP contribution in [0.4, 0.5) is 5.82 Å². The fraction of sp³-hybridized carbons (Fsp3) is 0.227. The average Bonchev–Trinajstić information content (AvgIpc) is 3.18. The number of aryl methyl sites for hydroxylation is 1. The minimum atomic E-state index is -0.304. The maximum absolute atomic E-state index is 13.1. The summed E-state index contributed by atoms with van der Waals surface area (Å²) in [4.78, 5) is 30.0. The number of benzene rings is 2. The number of aromatic nitrogens is 5. The summed E-state index contributed by atoms with van der Waals surface area (Å²) in [5.74, 6) is 0.155. The minimum Gasteiger partial charge on any atom is -0.365 e. The highest BCUT2D eigenvalue weighted by atomic mass is 16.1. The van der Waals surface area contributed by atoms with E-state index in [1.807, 2.05) is 48.5 Å². The third-order valence-electron chi connectivity index (χ3n) is 4.88. The highest BCUT2D eigenvalue weighted by Crippen LogP contribution is 2.14. The van der Waals surface area contributed by atoms with Crippen molar-refractivity contribution >= 4 is 22.8 Å². The molecule has 2 aromatic carbocycles. The maximum atomic E-state index is 13.1. The Hall–Kier alpha value is -4.01. The molecule has 0 aliphatic rings. The number of carbonyl (C=O) groups excluding carboxylic acids is 1. The van der Waals surface area contributed by atoms with Crippen LogP contribution >= 0.6 is 0 Å². The Bertz CT molecular complexity index is 1280. The second kappa shape index (κ2) is 8.78. The van der Waals surface area contributed by atoms with Crippen LogP contribution in [0.2, 0.25) is 0 Å². The predicted molar refractivity (Wildman–Crippen MR) is 118 cm³/mol. The highest BCUT2D eigenvalue weighted by molar-refractivity contribution is 5.76. The predicted octanol–water partition coefficient (Wildman–Crippen LogP) is 1.90. The van der Waals surface area contributed by atoms with Crippen LogP contribution in [-0.2, 0) is 17.8 Å². The van der Waals surface area contributed by atoms with Gasteiger partial charge in [0.15, 0.2) is 5.82 Å². The Labute approximate surface area is 178 Å². The van der Waals surface area contributed by atoms with Crippen molar-refractivity contribution in [1.82, 2.24) is 30.1 Å². The van der Waals surface area contributed by atoms with Gasteiger partial charge in [0.2, 0.25) is 5.91 Å². The van der Waals surface area contributed by atoms with Gasteiger partial charge in [-0.25, -0.2) is 4.98 Å². The van der Waals surface area contributed by atoms with Gasteiger partial charge in [-0.15, -0.1) is 9.89 Å². The summed E-state index contributed by atoms with van der Waals surface area (Å²) in [7, 11) is 0. The van der Waals surface area contributed by atoms with Crippen molar-refractivity contribution in [3.05, 3.63) is 81.9 Å². The number of anilines is 1. The van der Waals surface area contributed by atoms with Crippen molar-refractivity contribution in [2.45, 2.75) is 26.8 Å². The quantitative estimate of drug-likeness (QED) is 0.476. The Morgan fingerprint density at radius 1 is 1.10 bits per heavy atom. The summed E-state index contributed by atoms with van der Waals surface area (Å²) < 4.78 is 1.45. The van der Waals surface area contributed by atoms with Gasteiger partial charge >= 0.3 is 5.56 Å². The van der Waals surface area contributed by atoms with Gasteiger partial charge in [0, 0.05) is 20.0 Å². The van der Waals surface area contributed by atoms with Gasteiger partial charge in [-0.2, -0.15) is 4.68 Å². The SMILES string of the molecule is CC(=O)NCc1ccc2c(c1)nnn2-n1c(C)cnc(NCCc2ccccc2)c1=O. The number of nitrogens with zero attached hydrogens (tertiary/aromatic N) is 5. The molecule has 0 aliphatic carbocycles. The lowest BCUT2D eigenvalue weighted by Crippen LogP contribution is -2.32. The molecule has 0 spiro atoms. The van der Waals surface area contributed by atoms with E-state index in [1.54, 1.807) is 13.1 Å². The molecule has 4 aromatic rings. The van der Waals surface area contributed by atoms with Crippen LogP contribution in [0, 0.1) is 6.92 Å². The Morgan fingerprint density at radius 2 is 1.90 bits per heavy atom. The molecule has 2 heterocycles. The molecule has 9 nitrogen and oxygen atoms in total. The summed E-state index contributed by atoms with van der Waals surface area (Å²) in [6.07, 6.45) is 2.41. The lowest BCUT2D eigenvalue weighted by atomic mass is 10.1. The van der Waals surface area contributed by atoms with Crippen molar-refractivity contribution in [3.8, 4) is 0 Å². The molecular weight excluding hydrogens is 394 g/mol. The van der Waals surface area contributed by atoms with E-state index >= 15 is 0 Å². The lowest BCUT2D eigenvalue weighted by molar-refractivity contribution is -0.119. The molecule has 0 saturated heterocycles. The van der Waals surface area contributed by atoms with E-state index in [9.17, 15) is 9.59 Å². The first-order chi connectivity index (χ1) is 15.0. The van der Waals surface area contributed by atoms with Crippen molar-refractivity contribution in [3.63, 3.8) is 0 Å². The summed E-state index contributed by atoms with van der Waals surface area (Å²) in [6.45, 7) is 4.25. The van der Waals surface area contributed by atoms with Gasteiger partial charge in [-0.05, 0) is 41.8 Å². The molecule has 158 valence electrons. The largest absolute Gasteiger partial charge is 0.365 e. The number of amides is 1. The Kier molecular flexibility index (Phi) is 5.74. The van der Waals surface area contributed by atoms with E-state index in [-0.39, 0.29) is 17.3 Å². The zero-order chi connectivity index (χ0) is 21.8. The van der Waals surface area contributed by atoms with E-state index in [2.05, 4.69) is 25.9 Å². The molecule has 0 fully saturated rings. The molecule has 2 aromatic heterocycles. The first-order valence-electron chi connectivity index (χ1n) is 9.99. The summed E-state index contributed by atoms with van der Waals surface area (Å²) in [5, 5.41) is 14.3. The van der Waals surface area contributed by atoms with Crippen molar-refractivity contribution in [2.75, 3.05) is 11.9 Å². The number of rotatable bonds is 7. The minimum absolute atomic E-state index is 0.102. The second-order valence-corrected chi connectivity index (χ2v) is 7.24. The normalized spacial score (nSPS) is 10.9. The molecule has 4 rings (SSSR count). The fourth-order valence-corrected chi connectivity index (χ4v) is 3.30. The van der Waals surface area contributed by atoms with E-state index in [0.717, 1.165) is 12.0 Å². The van der Waals surface area contributed by atoms with Gasteiger partial charge in [0.05, 0.1) is 11.9 Å². The number of fused-ring (bicyclic) bond motifs is 1. The van der Waals surface area contributed by atoms with Crippen molar-refractivity contribution < 1.29 is 4.79 Å². The lowest BCUT2D eigenvalue weighted by Gasteiger charge is -2.12. The fourth-order valence-electron chi connectivity index (χ4n) is 3.30. The average molecular weight is 417 g/mol. The zero-order valence-electron chi connectivity index (χ0n) is 17.4. The maximum Gasteiger partial charge on any atom is 0.313 e. The summed E-state index contributed by atoms with van der Waals surface area (Å²) in [6, 6.07) is 15.6. The molecule has 9 heteroatoms. The topological polar surface area (TPSA) is 107 Å². The van der Waals surface area contributed by atoms with Crippen LogP contribution in [0.5, 0.6) is 0 Å². The first-order valence-corrected chi connectivity index (χ1v) is 9.99. The number of carbonyl (C=O) groups is 1. The summed E-state index contributed by atoms with van der Waals surface area (Å²) >= 11 is 0. The smallest absolute Gasteiger partial charge is 0.313 e. The van der Waals surface area contributed by atoms with Gasteiger partial charge in [-0.1, -0.05) is 36.4 Å². The molecule has 0 saturated carbocycles. The molecule has 0 unspecified atom stereocenters. The summed E-state index contributed by atoms with van der Waals surface area (Å²) in [5.41, 5.74) is 3.72. The molecule has 2 N–H and O–H groups in total. The third kappa shape index (κ3) is 4.45. The van der Waals surface area contributed by atoms with Crippen LogP contribution in [-0.4, -0.2) is 37.2 Å². The monoisotopic (exact) mass is 417 g/mol. The molecule has 0 bridgehead atoms. The van der Waals surface area contributed by atoms with E-state index < -0.39 is 0 Å². The Morgan fingerprint density at radius 3 is 2.68 bits per heavy atom. The van der Waals surface area contributed by atoms with E-state index in [0.29, 0.717) is 29.8 Å². The van der Waals surface area contributed by atoms with Gasteiger partial charge in [0.25, 0.3) is 0 Å². The van der Waals surface area contributed by atoms with Gasteiger partial charge < -0.3 is 10.6 Å². The van der Waals surface area contributed by atoms with Crippen LogP contribution in [0.25, 0.3) is 11.0 Å². The molecule has 0 radical (unpaired) electrons. The third-order valence-corrected chi connectivity index (χ3v) is 4.88. The molecule has 31 heavy (non-hydrogen) atoms. The first kappa shape index (κ1) is 20.3. The Balaban J connectivity index is 1.60. The number of hydrogen-bond acceptors (Lipinski definition) is 6. The van der Waals surface area contributed by atoms with Crippen molar-refractivity contribution in [2.24, 2.45) is 0 Å². The molecular formula is C22H23N7O2. The van der Waals surface area contributed by atoms with Gasteiger partial charge in [-0.3, -0.25) is 9.59 Å². The zero-order valence-corrected chi connectivity index (χ0v) is 17.4. The van der Waals surface area contributed by atoms with Crippen LogP contribution in [0.3, 0.4) is 0 Å². The van der Waals surface area contributed by atoms with Crippen LogP contribution in [0.15, 0.2) is 59.5 Å². The molecule has 1 amide bonds. The van der Waals surface area contributed by atoms with E-state index in [1.165, 1.54) is 22.0 Å². The van der Waals surface area contributed by atoms with Crippen molar-refractivity contribution in [1.29, 1.82) is 0 Å². The second-order valence-electron chi connectivity index (χ2n) is 7.24. The molecule has 0 aliphatic heterocycles. The number of nitrogens with one attached hydrogen (secondary N) is 2. The standard InChI is InChI=1S/C22H23N7O2/c1-15-13-25-21(23-11-10-17-6-4-3-5-7-17)22(31)28(15)29-20-9-8-18(14-24-16(2)30)12-19(20)26-27-29/h3-9,12-13H,10-11,14H2,1-2H3,(H,23,25)(H,24,30). The molecule has 0 atom stereocenters.